The average molecular weight is 625 g/mol. The monoisotopic (exact) mass is 623 g/mol. The van der Waals surface area contributed by atoms with Crippen LogP contribution in [0.15, 0.2) is 63.7 Å². The molecule has 4 rings (SSSR count). The van der Waals surface area contributed by atoms with E-state index in [1.54, 1.807) is 39.1 Å². The molecule has 1 aliphatic heterocycles. The van der Waals surface area contributed by atoms with Crippen LogP contribution >= 0.6 is 15.9 Å². The summed E-state index contributed by atoms with van der Waals surface area (Å²) >= 11 is 3.51. The van der Waals surface area contributed by atoms with Crippen LogP contribution in [0.25, 0.3) is 0 Å². The van der Waals surface area contributed by atoms with Crippen molar-refractivity contribution in [1.29, 1.82) is 5.26 Å². The number of hydrogen-bond acceptors (Lipinski definition) is 7. The van der Waals surface area contributed by atoms with E-state index in [1.807, 2.05) is 32.0 Å². The highest BCUT2D eigenvalue weighted by molar-refractivity contribution is 9.10. The quantitative estimate of drug-likeness (QED) is 0.323. The number of aromatic nitrogens is 1. The Morgan fingerprint density at radius 1 is 1.22 bits per heavy atom. The van der Waals surface area contributed by atoms with Crippen molar-refractivity contribution < 1.29 is 23.8 Å². The van der Waals surface area contributed by atoms with Gasteiger partial charge in [0.2, 0.25) is 0 Å². The predicted molar refractivity (Wildman–Crippen MR) is 159 cm³/mol. The van der Waals surface area contributed by atoms with Gasteiger partial charge in [0.25, 0.3) is 0 Å². The molecule has 2 aliphatic rings. The van der Waals surface area contributed by atoms with E-state index in [0.717, 1.165) is 25.0 Å². The molecule has 0 amide bonds. The average Bonchev–Trinajstić information content (AvgIpc) is 3.28. The summed E-state index contributed by atoms with van der Waals surface area (Å²) in [6.07, 6.45) is 3.37. The van der Waals surface area contributed by atoms with Crippen LogP contribution in [0.1, 0.15) is 78.9 Å². The number of benzene rings is 1. The molecule has 8 nitrogen and oxygen atoms in total. The maximum atomic E-state index is 13.8. The topological polar surface area (TPSA) is 103 Å². The lowest BCUT2D eigenvalue weighted by atomic mass is 9.72. The van der Waals surface area contributed by atoms with E-state index >= 15 is 0 Å². The molecule has 3 atom stereocenters. The SMILES string of the molecule is CCCC1CC(=O)C2=C(C1)NC(C)=C(C#N)C2C(Oc1ccccc1OCC)c1cc(Br)n(C(=O)OC(C)(C)C)c1. The maximum Gasteiger partial charge on any atom is 0.419 e. The van der Waals surface area contributed by atoms with Crippen molar-refractivity contribution in [2.75, 3.05) is 6.61 Å². The molecular weight excluding hydrogens is 586 g/mol. The van der Waals surface area contributed by atoms with E-state index in [0.29, 0.717) is 51.5 Å². The third-order valence-corrected chi connectivity index (χ3v) is 7.80. The van der Waals surface area contributed by atoms with Crippen LogP contribution in [0.5, 0.6) is 11.5 Å². The summed E-state index contributed by atoms with van der Waals surface area (Å²) in [5.74, 6) is 0.590. The number of ketones is 1. The second-order valence-electron chi connectivity index (χ2n) is 11.5. The molecule has 2 heterocycles. The molecule has 0 radical (unpaired) electrons. The van der Waals surface area contributed by atoms with Gasteiger partial charge in [-0.3, -0.25) is 4.79 Å². The number of carbonyl (C=O) groups excluding carboxylic acids is 2. The van der Waals surface area contributed by atoms with Crippen LogP contribution in [0.2, 0.25) is 0 Å². The van der Waals surface area contributed by atoms with E-state index in [4.69, 9.17) is 14.2 Å². The fourth-order valence-corrected chi connectivity index (χ4v) is 6.09. The summed E-state index contributed by atoms with van der Waals surface area (Å²) in [5, 5.41) is 13.7. The Bertz CT molecular complexity index is 1430. The minimum Gasteiger partial charge on any atom is -0.490 e. The van der Waals surface area contributed by atoms with E-state index in [1.165, 1.54) is 4.57 Å². The zero-order valence-corrected chi connectivity index (χ0v) is 26.1. The number of para-hydroxylation sites is 2. The molecule has 9 heteroatoms. The molecule has 1 aromatic carbocycles. The van der Waals surface area contributed by atoms with Gasteiger partial charge in [0.05, 0.1) is 28.8 Å². The first-order chi connectivity index (χ1) is 19.5. The molecule has 1 aliphatic carbocycles. The highest BCUT2D eigenvalue weighted by Gasteiger charge is 2.44. The molecule has 41 heavy (non-hydrogen) atoms. The molecule has 2 aromatic rings. The van der Waals surface area contributed by atoms with Gasteiger partial charge in [-0.2, -0.15) is 5.26 Å². The van der Waals surface area contributed by atoms with Crippen molar-refractivity contribution in [3.63, 3.8) is 0 Å². The summed E-state index contributed by atoms with van der Waals surface area (Å²) in [5.41, 5.74) is 2.44. The number of allylic oxidation sites excluding steroid dienone is 2. The van der Waals surface area contributed by atoms with Gasteiger partial charge in [0.1, 0.15) is 11.7 Å². The van der Waals surface area contributed by atoms with Gasteiger partial charge in [-0.15, -0.1) is 0 Å². The highest BCUT2D eigenvalue weighted by Crippen LogP contribution is 2.47. The first-order valence-electron chi connectivity index (χ1n) is 14.1. The van der Waals surface area contributed by atoms with Gasteiger partial charge >= 0.3 is 6.09 Å². The number of nitriles is 1. The molecule has 3 unspecified atom stereocenters. The van der Waals surface area contributed by atoms with Crippen LogP contribution in [-0.4, -0.2) is 28.7 Å². The number of dihydropyridines is 1. The minimum atomic E-state index is -0.819. The molecule has 0 saturated heterocycles. The van der Waals surface area contributed by atoms with Gasteiger partial charge in [0.15, 0.2) is 17.3 Å². The van der Waals surface area contributed by atoms with Crippen molar-refractivity contribution in [2.24, 2.45) is 11.8 Å². The number of Topliss-reactive ketones (excluding diaryl/α,β-unsaturated/α-hetero) is 1. The zero-order chi connectivity index (χ0) is 29.9. The van der Waals surface area contributed by atoms with E-state index in [-0.39, 0.29) is 11.7 Å². The largest absolute Gasteiger partial charge is 0.490 e. The van der Waals surface area contributed by atoms with Crippen LogP contribution in [-0.2, 0) is 9.53 Å². The molecular formula is C32H38BrN3O5. The first kappa shape index (κ1) is 30.4. The number of rotatable bonds is 8. The smallest absolute Gasteiger partial charge is 0.419 e. The van der Waals surface area contributed by atoms with Crippen LogP contribution in [0.4, 0.5) is 4.79 Å². The third-order valence-electron chi connectivity index (χ3n) is 7.19. The predicted octanol–water partition coefficient (Wildman–Crippen LogP) is 7.60. The van der Waals surface area contributed by atoms with Gasteiger partial charge in [-0.05, 0) is 87.5 Å². The lowest BCUT2D eigenvalue weighted by molar-refractivity contribution is -0.118. The van der Waals surface area contributed by atoms with Gasteiger partial charge in [0, 0.05) is 35.1 Å². The summed E-state index contributed by atoms with van der Waals surface area (Å²) in [4.78, 5) is 26.8. The van der Waals surface area contributed by atoms with E-state index in [9.17, 15) is 14.9 Å². The molecule has 0 bridgehead atoms. The van der Waals surface area contributed by atoms with Gasteiger partial charge < -0.3 is 19.5 Å². The molecule has 0 fully saturated rings. The van der Waals surface area contributed by atoms with Crippen molar-refractivity contribution >= 4 is 27.8 Å². The molecule has 1 aromatic heterocycles. The van der Waals surface area contributed by atoms with Crippen molar-refractivity contribution in [2.45, 2.75) is 78.9 Å². The molecule has 218 valence electrons. The Morgan fingerprint density at radius 2 is 1.93 bits per heavy atom. The number of nitrogens with zero attached hydrogens (tertiary/aromatic N) is 2. The Kier molecular flexibility index (Phi) is 9.33. The number of carbonyl (C=O) groups is 2. The Balaban J connectivity index is 1.88. The second kappa shape index (κ2) is 12.6. The number of hydrogen-bond donors (Lipinski definition) is 1. The van der Waals surface area contributed by atoms with E-state index < -0.39 is 23.7 Å². The van der Waals surface area contributed by atoms with E-state index in [2.05, 4.69) is 34.2 Å². The Labute approximate surface area is 250 Å². The fraction of sp³-hybridized carbons (Fsp3) is 0.469. The number of nitrogens with one attached hydrogen (secondary N) is 1. The second-order valence-corrected chi connectivity index (χ2v) is 12.3. The van der Waals surface area contributed by atoms with Gasteiger partial charge in [-0.25, -0.2) is 9.36 Å². The fourth-order valence-electron chi connectivity index (χ4n) is 5.58. The van der Waals surface area contributed by atoms with Crippen LogP contribution < -0.4 is 14.8 Å². The van der Waals surface area contributed by atoms with Crippen LogP contribution in [0, 0.1) is 23.2 Å². The molecule has 0 saturated carbocycles. The first-order valence-corrected chi connectivity index (χ1v) is 14.9. The van der Waals surface area contributed by atoms with Crippen molar-refractivity contribution in [1.82, 2.24) is 9.88 Å². The van der Waals surface area contributed by atoms with Gasteiger partial charge in [-0.1, -0.05) is 25.5 Å². The highest BCUT2D eigenvalue weighted by atomic mass is 79.9. The Morgan fingerprint density at radius 3 is 2.56 bits per heavy atom. The lowest BCUT2D eigenvalue weighted by Crippen LogP contribution is -2.38. The van der Waals surface area contributed by atoms with Crippen LogP contribution in [0.3, 0.4) is 0 Å². The molecule has 1 N–H and O–H groups in total. The standard InChI is InChI=1S/C32H38BrN3O5/c1-7-11-20-14-23-29(24(37)15-20)28(22(17-34)19(3)35-23)30(40-26-13-10-9-12-25(26)39-8-2)21-16-27(33)36(18-21)31(38)41-32(4,5)6/h9-10,12-13,16,18,20,28,30,35H,7-8,11,14-15H2,1-6H3. The number of ether oxygens (including phenoxy) is 3. The van der Waals surface area contributed by atoms with Crippen molar-refractivity contribution in [3.05, 3.63) is 69.2 Å². The maximum absolute atomic E-state index is 13.8. The zero-order valence-electron chi connectivity index (χ0n) is 24.5. The number of halogens is 1. The summed E-state index contributed by atoms with van der Waals surface area (Å²) in [7, 11) is 0. The summed E-state index contributed by atoms with van der Waals surface area (Å²) in [6.45, 7) is 11.7. The summed E-state index contributed by atoms with van der Waals surface area (Å²) < 4.78 is 20.0. The molecule has 0 spiro atoms. The third kappa shape index (κ3) is 6.70. The minimum absolute atomic E-state index is 0.0137. The lowest BCUT2D eigenvalue weighted by Gasteiger charge is -2.38. The summed E-state index contributed by atoms with van der Waals surface area (Å²) in [6, 6.07) is 11.5. The Hall–Kier alpha value is -3.51. The van der Waals surface area contributed by atoms with Crippen molar-refractivity contribution in [3.8, 4) is 17.6 Å². The normalized spacial score (nSPS) is 19.7.